The minimum Gasteiger partial charge on any atom is -0.507 e. The zero-order valence-corrected chi connectivity index (χ0v) is 11.1. The zero-order valence-electron chi connectivity index (χ0n) is 11.1. The van der Waals surface area contributed by atoms with Crippen molar-refractivity contribution >= 4 is 5.78 Å². The smallest absolute Gasteiger partial charge is 0.199 e. The number of ketones is 1. The van der Waals surface area contributed by atoms with E-state index in [1.54, 1.807) is 6.07 Å². The first-order chi connectivity index (χ1) is 9.11. The zero-order chi connectivity index (χ0) is 13.8. The summed E-state index contributed by atoms with van der Waals surface area (Å²) in [6, 6.07) is 2.99. The van der Waals surface area contributed by atoms with Gasteiger partial charge in [-0.05, 0) is 19.8 Å². The molecular formula is C14H18O5. The van der Waals surface area contributed by atoms with E-state index in [4.69, 9.17) is 14.2 Å². The number of benzene rings is 1. The third-order valence-electron chi connectivity index (χ3n) is 3.04. The Morgan fingerprint density at radius 3 is 2.79 bits per heavy atom. The van der Waals surface area contributed by atoms with Crippen molar-refractivity contribution in [3.05, 3.63) is 17.7 Å². The van der Waals surface area contributed by atoms with E-state index >= 15 is 0 Å². The predicted octanol–water partition coefficient (Wildman–Crippen LogP) is 2.51. The van der Waals surface area contributed by atoms with Crippen LogP contribution in [-0.4, -0.2) is 30.9 Å². The highest BCUT2D eigenvalue weighted by Gasteiger charge is 2.21. The van der Waals surface area contributed by atoms with E-state index in [1.807, 2.05) is 0 Å². The van der Waals surface area contributed by atoms with E-state index < -0.39 is 0 Å². The molecule has 0 aliphatic carbocycles. The van der Waals surface area contributed by atoms with Crippen LogP contribution < -0.4 is 9.47 Å². The molecule has 1 heterocycles. The van der Waals surface area contributed by atoms with Crippen molar-refractivity contribution in [1.29, 1.82) is 0 Å². The maximum atomic E-state index is 11.6. The summed E-state index contributed by atoms with van der Waals surface area (Å²) in [5.74, 6) is 0.341. The van der Waals surface area contributed by atoms with E-state index in [9.17, 15) is 9.90 Å². The summed E-state index contributed by atoms with van der Waals surface area (Å²) in [6.45, 7) is 2.03. The molecule has 1 N–H and O–H groups in total. The van der Waals surface area contributed by atoms with Crippen molar-refractivity contribution in [1.82, 2.24) is 0 Å². The number of ether oxygens (including phenoxy) is 3. The topological polar surface area (TPSA) is 65.0 Å². The summed E-state index contributed by atoms with van der Waals surface area (Å²) in [6.07, 6.45) is 2.44. The summed E-state index contributed by atoms with van der Waals surface area (Å²) < 4.78 is 16.2. The molecule has 5 nitrogen and oxygen atoms in total. The van der Waals surface area contributed by atoms with E-state index in [-0.39, 0.29) is 23.4 Å². The second kappa shape index (κ2) is 5.93. The molecule has 104 valence electrons. The molecule has 0 bridgehead atoms. The molecule has 0 aromatic heterocycles. The fourth-order valence-electron chi connectivity index (χ4n) is 2.09. The predicted molar refractivity (Wildman–Crippen MR) is 68.9 cm³/mol. The van der Waals surface area contributed by atoms with Crippen molar-refractivity contribution in [2.45, 2.75) is 32.5 Å². The summed E-state index contributed by atoms with van der Waals surface area (Å²) in [5, 5.41) is 9.88. The lowest BCUT2D eigenvalue weighted by atomic mass is 10.1. The quantitative estimate of drug-likeness (QED) is 0.848. The van der Waals surface area contributed by atoms with Gasteiger partial charge in [0.1, 0.15) is 22.8 Å². The monoisotopic (exact) mass is 266 g/mol. The molecule has 1 fully saturated rings. The summed E-state index contributed by atoms with van der Waals surface area (Å²) in [5.41, 5.74) is 0.162. The van der Waals surface area contributed by atoms with Crippen molar-refractivity contribution in [3.63, 3.8) is 0 Å². The van der Waals surface area contributed by atoms with Gasteiger partial charge in [0, 0.05) is 18.6 Å². The molecule has 1 aromatic carbocycles. The maximum absolute atomic E-state index is 11.6. The van der Waals surface area contributed by atoms with E-state index in [1.165, 1.54) is 20.1 Å². The molecule has 1 saturated heterocycles. The highest BCUT2D eigenvalue weighted by Crippen LogP contribution is 2.35. The minimum absolute atomic E-state index is 0.141. The molecule has 5 heteroatoms. The van der Waals surface area contributed by atoms with Gasteiger partial charge in [0.05, 0.1) is 13.7 Å². The second-order valence-electron chi connectivity index (χ2n) is 4.49. The Kier molecular flexibility index (Phi) is 4.27. The number of carbonyl (C=O) groups excluding carboxylic acids is 1. The van der Waals surface area contributed by atoms with Crippen molar-refractivity contribution in [3.8, 4) is 17.2 Å². The molecule has 1 aliphatic rings. The van der Waals surface area contributed by atoms with E-state index in [2.05, 4.69) is 0 Å². The van der Waals surface area contributed by atoms with Gasteiger partial charge in [0.15, 0.2) is 12.1 Å². The molecule has 1 aromatic rings. The van der Waals surface area contributed by atoms with Gasteiger partial charge in [-0.1, -0.05) is 0 Å². The van der Waals surface area contributed by atoms with E-state index in [0.29, 0.717) is 18.1 Å². The fourth-order valence-corrected chi connectivity index (χ4v) is 2.09. The first-order valence-corrected chi connectivity index (χ1v) is 6.32. The fraction of sp³-hybridized carbons (Fsp3) is 0.500. The number of hydrogen-bond donors (Lipinski definition) is 1. The number of rotatable bonds is 4. The number of aromatic hydroxyl groups is 1. The lowest BCUT2D eigenvalue weighted by Crippen LogP contribution is -2.25. The highest BCUT2D eigenvalue weighted by atomic mass is 16.7. The van der Waals surface area contributed by atoms with Gasteiger partial charge in [-0.15, -0.1) is 0 Å². The number of carbonyl (C=O) groups is 1. The SMILES string of the molecule is COc1cc(O)c(C(C)=O)c(OC2CCCCO2)c1. The number of phenolic OH excluding ortho intramolecular Hbond substituents is 1. The van der Waals surface area contributed by atoms with Crippen LogP contribution >= 0.6 is 0 Å². The molecule has 1 aliphatic heterocycles. The standard InChI is InChI=1S/C14H18O5/c1-9(15)14-11(16)7-10(17-2)8-12(14)19-13-5-3-4-6-18-13/h7-8,13,16H,3-6H2,1-2H3. The number of hydrogen-bond acceptors (Lipinski definition) is 5. The molecule has 0 spiro atoms. The van der Waals surface area contributed by atoms with E-state index in [0.717, 1.165) is 19.3 Å². The van der Waals surface area contributed by atoms with Gasteiger partial charge < -0.3 is 19.3 Å². The van der Waals surface area contributed by atoms with Gasteiger partial charge in [0.2, 0.25) is 0 Å². The normalized spacial score (nSPS) is 18.9. The second-order valence-corrected chi connectivity index (χ2v) is 4.49. The Morgan fingerprint density at radius 1 is 1.42 bits per heavy atom. The van der Waals surface area contributed by atoms with Crippen LogP contribution in [0.15, 0.2) is 12.1 Å². The van der Waals surface area contributed by atoms with Crippen LogP contribution in [0, 0.1) is 0 Å². The molecule has 1 atom stereocenters. The molecule has 0 saturated carbocycles. The van der Waals surface area contributed by atoms with Gasteiger partial charge in [-0.3, -0.25) is 4.79 Å². The lowest BCUT2D eigenvalue weighted by Gasteiger charge is -2.24. The van der Waals surface area contributed by atoms with Gasteiger partial charge >= 0.3 is 0 Å². The van der Waals surface area contributed by atoms with Crippen LogP contribution in [0.3, 0.4) is 0 Å². The van der Waals surface area contributed by atoms with Crippen LogP contribution in [0.5, 0.6) is 17.2 Å². The Bertz CT molecular complexity index is 463. The Labute approximate surface area is 112 Å². The van der Waals surface area contributed by atoms with Gasteiger partial charge in [-0.25, -0.2) is 0 Å². The molecule has 1 unspecified atom stereocenters. The molecule has 19 heavy (non-hydrogen) atoms. The Hall–Kier alpha value is -1.75. The first-order valence-electron chi connectivity index (χ1n) is 6.32. The molecule has 2 rings (SSSR count). The first kappa shape index (κ1) is 13.7. The van der Waals surface area contributed by atoms with Crippen LogP contribution in [0.2, 0.25) is 0 Å². The van der Waals surface area contributed by atoms with Crippen molar-refractivity contribution in [2.75, 3.05) is 13.7 Å². The number of methoxy groups -OCH3 is 1. The third-order valence-corrected chi connectivity index (χ3v) is 3.04. The minimum atomic E-state index is -0.377. The van der Waals surface area contributed by atoms with Crippen LogP contribution in [-0.2, 0) is 4.74 Å². The van der Waals surface area contributed by atoms with Crippen molar-refractivity contribution < 1.29 is 24.1 Å². The summed E-state index contributed by atoms with van der Waals surface area (Å²) >= 11 is 0. The molecular weight excluding hydrogens is 248 g/mol. The number of phenols is 1. The average molecular weight is 266 g/mol. The van der Waals surface area contributed by atoms with Gasteiger partial charge in [-0.2, -0.15) is 0 Å². The summed E-state index contributed by atoms with van der Waals surface area (Å²) in [7, 11) is 1.49. The van der Waals surface area contributed by atoms with Crippen LogP contribution in [0.1, 0.15) is 36.5 Å². The maximum Gasteiger partial charge on any atom is 0.199 e. The van der Waals surface area contributed by atoms with Crippen LogP contribution in [0.25, 0.3) is 0 Å². The highest BCUT2D eigenvalue weighted by molar-refractivity contribution is 5.99. The summed E-state index contributed by atoms with van der Waals surface area (Å²) in [4.78, 5) is 11.6. The number of Topliss-reactive ketones (excluding diaryl/α,β-unsaturated/α-hetero) is 1. The Morgan fingerprint density at radius 2 is 2.21 bits per heavy atom. The van der Waals surface area contributed by atoms with Gasteiger partial charge in [0.25, 0.3) is 0 Å². The van der Waals surface area contributed by atoms with Crippen molar-refractivity contribution in [2.24, 2.45) is 0 Å². The third kappa shape index (κ3) is 3.17. The van der Waals surface area contributed by atoms with Crippen LogP contribution in [0.4, 0.5) is 0 Å². The average Bonchev–Trinajstić information content (AvgIpc) is 2.38. The molecule has 0 radical (unpaired) electrons. The largest absolute Gasteiger partial charge is 0.507 e. The molecule has 0 amide bonds. The Balaban J connectivity index is 2.29. The lowest BCUT2D eigenvalue weighted by molar-refractivity contribution is -0.106.